The number of carbonyl (C=O) groups excluding carboxylic acids is 3. The van der Waals surface area contributed by atoms with Gasteiger partial charge in [0.05, 0.1) is 16.3 Å². The van der Waals surface area contributed by atoms with Gasteiger partial charge in [-0.1, -0.05) is 30.0 Å². The molecule has 1 heterocycles. The zero-order valence-electron chi connectivity index (χ0n) is 16.0. The summed E-state index contributed by atoms with van der Waals surface area (Å²) < 4.78 is 17.7. The first-order valence-electron chi connectivity index (χ1n) is 8.92. The number of benzene rings is 2. The van der Waals surface area contributed by atoms with Gasteiger partial charge < -0.3 is 4.74 Å². The first-order chi connectivity index (χ1) is 14.4. The molecule has 0 unspecified atom stereocenters. The Morgan fingerprint density at radius 1 is 1.07 bits per heavy atom. The van der Waals surface area contributed by atoms with E-state index in [1.165, 1.54) is 23.9 Å². The summed E-state index contributed by atoms with van der Waals surface area (Å²) >= 11 is 1.21. The number of hydrogen-bond acceptors (Lipinski definition) is 6. The number of halogens is 1. The fourth-order valence-electron chi connectivity index (χ4n) is 2.55. The van der Waals surface area contributed by atoms with Crippen LogP contribution in [0.3, 0.4) is 0 Å². The number of nitrogens with zero attached hydrogens (tertiary/aromatic N) is 1. The Balaban J connectivity index is 1.41. The van der Waals surface area contributed by atoms with Gasteiger partial charge in [0.15, 0.2) is 6.61 Å². The number of carbonyl (C=O) groups is 3. The minimum Gasteiger partial charge on any atom is -0.455 e. The summed E-state index contributed by atoms with van der Waals surface area (Å²) in [6, 6.07) is 14.4. The highest BCUT2D eigenvalue weighted by molar-refractivity contribution is 7.99. The molecule has 0 aliphatic rings. The summed E-state index contributed by atoms with van der Waals surface area (Å²) in [6.45, 7) is 1.42. The highest BCUT2D eigenvalue weighted by Crippen LogP contribution is 2.23. The molecule has 30 heavy (non-hydrogen) atoms. The van der Waals surface area contributed by atoms with Gasteiger partial charge in [-0.15, -0.1) is 0 Å². The van der Waals surface area contributed by atoms with Gasteiger partial charge in [-0.25, -0.2) is 9.37 Å². The van der Waals surface area contributed by atoms with Crippen LogP contribution in [0.1, 0.15) is 15.9 Å². The second-order valence-corrected chi connectivity index (χ2v) is 7.25. The van der Waals surface area contributed by atoms with Crippen LogP contribution in [0.2, 0.25) is 0 Å². The van der Waals surface area contributed by atoms with E-state index in [4.69, 9.17) is 4.74 Å². The van der Waals surface area contributed by atoms with E-state index in [-0.39, 0.29) is 11.3 Å². The third-order valence-electron chi connectivity index (χ3n) is 4.02. The van der Waals surface area contributed by atoms with Gasteiger partial charge in [0, 0.05) is 10.9 Å². The van der Waals surface area contributed by atoms with Crippen LogP contribution < -0.4 is 10.9 Å². The molecule has 0 saturated carbocycles. The maximum absolute atomic E-state index is 12.8. The molecule has 2 N–H and O–H groups in total. The summed E-state index contributed by atoms with van der Waals surface area (Å²) in [4.78, 5) is 39.9. The Labute approximate surface area is 176 Å². The van der Waals surface area contributed by atoms with Crippen molar-refractivity contribution < 1.29 is 23.5 Å². The van der Waals surface area contributed by atoms with Crippen molar-refractivity contribution in [2.75, 3.05) is 12.4 Å². The number of rotatable bonds is 6. The minimum absolute atomic E-state index is 0.0139. The predicted octanol–water partition coefficient (Wildman–Crippen LogP) is 2.78. The van der Waals surface area contributed by atoms with Crippen molar-refractivity contribution in [3.05, 3.63) is 71.5 Å². The van der Waals surface area contributed by atoms with Crippen molar-refractivity contribution in [3.63, 3.8) is 0 Å². The normalized spacial score (nSPS) is 10.5. The van der Waals surface area contributed by atoms with Gasteiger partial charge in [0.1, 0.15) is 5.82 Å². The summed E-state index contributed by atoms with van der Waals surface area (Å²) in [7, 11) is 0. The number of amides is 2. The molecule has 2 aromatic carbocycles. The SMILES string of the molecule is Cc1cc(SCC(=O)OCC(=O)NNC(=O)c2ccc(F)cc2)nc2ccccc12. The number of nitrogens with one attached hydrogen (secondary N) is 2. The molecule has 9 heteroatoms. The second kappa shape index (κ2) is 9.84. The van der Waals surface area contributed by atoms with E-state index in [1.807, 2.05) is 37.3 Å². The van der Waals surface area contributed by atoms with E-state index in [0.717, 1.165) is 28.6 Å². The molecule has 1 aromatic heterocycles. The lowest BCUT2D eigenvalue weighted by molar-refractivity contribution is -0.146. The van der Waals surface area contributed by atoms with Crippen LogP contribution in [0.5, 0.6) is 0 Å². The molecular weight excluding hydrogens is 409 g/mol. The number of hydrogen-bond donors (Lipinski definition) is 2. The van der Waals surface area contributed by atoms with Gasteiger partial charge in [-0.05, 0) is 48.9 Å². The van der Waals surface area contributed by atoms with Crippen molar-refractivity contribution in [3.8, 4) is 0 Å². The summed E-state index contributed by atoms with van der Waals surface area (Å²) in [5.74, 6) is -2.41. The summed E-state index contributed by atoms with van der Waals surface area (Å²) in [5, 5.41) is 1.72. The smallest absolute Gasteiger partial charge is 0.316 e. The van der Waals surface area contributed by atoms with E-state index >= 15 is 0 Å². The minimum atomic E-state index is -0.705. The number of para-hydroxylation sites is 1. The number of pyridine rings is 1. The average molecular weight is 427 g/mol. The van der Waals surface area contributed by atoms with Crippen LogP contribution in [0.25, 0.3) is 10.9 Å². The topological polar surface area (TPSA) is 97.4 Å². The van der Waals surface area contributed by atoms with Crippen LogP contribution >= 0.6 is 11.8 Å². The van der Waals surface area contributed by atoms with E-state index in [2.05, 4.69) is 15.8 Å². The van der Waals surface area contributed by atoms with Crippen molar-refractivity contribution in [1.82, 2.24) is 15.8 Å². The highest BCUT2D eigenvalue weighted by Gasteiger charge is 2.11. The fourth-order valence-corrected chi connectivity index (χ4v) is 3.32. The number of aromatic nitrogens is 1. The third kappa shape index (κ3) is 5.77. The Bertz CT molecular complexity index is 1090. The molecule has 0 radical (unpaired) electrons. The molecular formula is C21H18FN3O4S. The lowest BCUT2D eigenvalue weighted by atomic mass is 10.1. The monoisotopic (exact) mass is 427 g/mol. The van der Waals surface area contributed by atoms with E-state index in [0.29, 0.717) is 5.03 Å². The number of thioether (sulfide) groups is 1. The van der Waals surface area contributed by atoms with E-state index < -0.39 is 30.2 Å². The Hall–Kier alpha value is -3.46. The molecule has 2 amide bonds. The van der Waals surface area contributed by atoms with Crippen molar-refractivity contribution in [2.24, 2.45) is 0 Å². The number of hydrazine groups is 1. The second-order valence-electron chi connectivity index (χ2n) is 6.25. The van der Waals surface area contributed by atoms with Gasteiger partial charge in [0.2, 0.25) is 0 Å². The Kier molecular flexibility index (Phi) is 6.97. The first-order valence-corrected chi connectivity index (χ1v) is 9.90. The van der Waals surface area contributed by atoms with E-state index in [9.17, 15) is 18.8 Å². The molecule has 3 aromatic rings. The molecule has 0 aliphatic heterocycles. The van der Waals surface area contributed by atoms with E-state index in [1.54, 1.807) is 0 Å². The van der Waals surface area contributed by atoms with Crippen molar-refractivity contribution >= 4 is 40.4 Å². The number of aryl methyl sites for hydroxylation is 1. The highest BCUT2D eigenvalue weighted by atomic mass is 32.2. The molecule has 0 atom stereocenters. The molecule has 0 fully saturated rings. The van der Waals surface area contributed by atoms with Crippen molar-refractivity contribution in [2.45, 2.75) is 11.9 Å². The number of fused-ring (bicyclic) bond motifs is 1. The molecule has 0 aliphatic carbocycles. The quantitative estimate of drug-likeness (QED) is 0.357. The van der Waals surface area contributed by atoms with Gasteiger partial charge in [-0.2, -0.15) is 0 Å². The average Bonchev–Trinajstić information content (AvgIpc) is 2.75. The maximum Gasteiger partial charge on any atom is 0.316 e. The molecule has 0 saturated heterocycles. The molecule has 0 bridgehead atoms. The predicted molar refractivity (Wildman–Crippen MR) is 110 cm³/mol. The lowest BCUT2D eigenvalue weighted by Crippen LogP contribution is -2.43. The Morgan fingerprint density at radius 2 is 1.80 bits per heavy atom. The van der Waals surface area contributed by atoms with Crippen LogP contribution in [-0.2, 0) is 14.3 Å². The molecule has 154 valence electrons. The third-order valence-corrected chi connectivity index (χ3v) is 4.91. The largest absolute Gasteiger partial charge is 0.455 e. The fraction of sp³-hybridized carbons (Fsp3) is 0.143. The zero-order valence-corrected chi connectivity index (χ0v) is 16.8. The number of esters is 1. The standard InChI is InChI=1S/C21H18FN3O4S/c1-13-10-19(23-17-5-3-2-4-16(13)17)30-12-20(27)29-11-18(26)24-25-21(28)14-6-8-15(22)9-7-14/h2-10H,11-12H2,1H3,(H,24,26)(H,25,28). The molecule has 0 spiro atoms. The Morgan fingerprint density at radius 3 is 2.57 bits per heavy atom. The van der Waals surface area contributed by atoms with Crippen LogP contribution in [0.15, 0.2) is 59.6 Å². The molecule has 7 nitrogen and oxygen atoms in total. The lowest BCUT2D eigenvalue weighted by Gasteiger charge is -2.08. The van der Waals surface area contributed by atoms with Gasteiger partial charge in [-0.3, -0.25) is 25.2 Å². The van der Waals surface area contributed by atoms with Crippen molar-refractivity contribution in [1.29, 1.82) is 0 Å². The maximum atomic E-state index is 12.8. The zero-order chi connectivity index (χ0) is 21.5. The van der Waals surface area contributed by atoms with Gasteiger partial charge >= 0.3 is 5.97 Å². The first kappa shape index (κ1) is 21.3. The summed E-state index contributed by atoms with van der Waals surface area (Å²) in [6.07, 6.45) is 0. The summed E-state index contributed by atoms with van der Waals surface area (Å²) in [5.41, 5.74) is 6.34. The van der Waals surface area contributed by atoms with Crippen LogP contribution in [0.4, 0.5) is 4.39 Å². The molecule has 3 rings (SSSR count). The van der Waals surface area contributed by atoms with Crippen LogP contribution in [-0.4, -0.2) is 35.1 Å². The number of ether oxygens (including phenoxy) is 1. The van der Waals surface area contributed by atoms with Gasteiger partial charge in [0.25, 0.3) is 11.8 Å². The van der Waals surface area contributed by atoms with Crippen LogP contribution in [0, 0.1) is 12.7 Å².